The highest BCUT2D eigenvalue weighted by Crippen LogP contribution is 2.52. The van der Waals surface area contributed by atoms with Crippen LogP contribution in [0.5, 0.6) is 0 Å². The van der Waals surface area contributed by atoms with E-state index in [1.54, 1.807) is 0 Å². The van der Waals surface area contributed by atoms with E-state index in [9.17, 15) is 25.2 Å². The van der Waals surface area contributed by atoms with Gasteiger partial charge in [0.05, 0.1) is 92.9 Å². The fraction of sp³-hybridized carbons (Fsp3) is 0.375. The van der Waals surface area contributed by atoms with E-state index >= 15 is 0 Å². The summed E-state index contributed by atoms with van der Waals surface area (Å²) in [5, 5.41) is 0. The van der Waals surface area contributed by atoms with Crippen LogP contribution < -0.4 is 0 Å². The molecule has 2 rings (SSSR count). The van der Waals surface area contributed by atoms with Crippen molar-refractivity contribution < 1.29 is 81.9 Å². The van der Waals surface area contributed by atoms with E-state index < -0.39 is 38.3 Å². The van der Waals surface area contributed by atoms with Crippen molar-refractivity contribution in [3.63, 3.8) is 0 Å². The lowest BCUT2D eigenvalue weighted by Gasteiger charge is -1.96. The van der Waals surface area contributed by atoms with Crippen LogP contribution in [0.4, 0.5) is 25.2 Å². The first-order chi connectivity index (χ1) is 20.4. The number of hydrogen-bond acceptors (Lipinski definition) is 8. The van der Waals surface area contributed by atoms with Crippen molar-refractivity contribution >= 4 is 131 Å². The quantitative estimate of drug-likeness (QED) is 0.106. The molecule has 6 N–H and O–H groups in total. The third-order valence-corrected chi connectivity index (χ3v) is 2.45. The van der Waals surface area contributed by atoms with Crippen LogP contribution >= 0.6 is 131 Å². The zero-order chi connectivity index (χ0) is 40.7. The molecule has 0 spiro atoms. The smallest absolute Gasteiger partial charge is 0.313 e. The van der Waals surface area contributed by atoms with Gasteiger partial charge in [-0.05, 0) is 76.9 Å². The molecular weight excluding hydrogens is 1190 g/mol. The molecule has 0 saturated heterocycles. The van der Waals surface area contributed by atoms with Crippen LogP contribution in [-0.4, -0.2) is 39.3 Å². The summed E-state index contributed by atoms with van der Waals surface area (Å²) in [7, 11) is 0. The predicted octanol–water partition coefficient (Wildman–Crippen LogP) is 12.7. The number of aromatic nitrogens is 2. The lowest BCUT2D eigenvalue weighted by molar-refractivity contribution is 0.452. The second kappa shape index (κ2) is 29.3. The van der Waals surface area contributed by atoms with Crippen molar-refractivity contribution in [3.8, 4) is 0 Å². The largest absolute Gasteiger partial charge is 0.429 e. The molecule has 0 radical (unpaired) electrons. The van der Waals surface area contributed by atoms with Gasteiger partial charge >= 0.3 is 38.3 Å². The van der Waals surface area contributed by atoms with Gasteiger partial charge in [-0.1, -0.05) is 0 Å². The van der Waals surface area contributed by atoms with E-state index in [1.807, 2.05) is 121 Å². The van der Waals surface area contributed by atoms with Gasteiger partial charge in [0.15, 0.2) is 0 Å². The van der Waals surface area contributed by atoms with Crippen molar-refractivity contribution in [1.29, 1.82) is 0 Å². The highest BCUT2D eigenvalue weighted by Gasteiger charge is 2.06. The van der Waals surface area contributed by atoms with Crippen LogP contribution in [0.1, 0.15) is 33.9 Å². The van der Waals surface area contributed by atoms with E-state index in [-0.39, 0.29) is 0 Å². The summed E-state index contributed by atoms with van der Waals surface area (Å²) in [6, 6.07) is 8.31. The summed E-state index contributed by atoms with van der Waals surface area (Å²) in [6.07, 6.45) is -26.0. The van der Waals surface area contributed by atoms with Crippen molar-refractivity contribution in [2.75, 3.05) is 0 Å². The number of hydrogen-bond donors (Lipinski definition) is 6. The number of rotatable bonds is 0. The Morgan fingerprint density at radius 1 is 0.396 bits per heavy atom. The minimum absolute atomic E-state index is 1.10. The first-order valence-corrected chi connectivity index (χ1v) is 31.9. The zero-order valence-electron chi connectivity index (χ0n) is 24.6. The first kappa shape index (κ1) is 61.9. The Kier molecular flexibility index (Phi) is 37.8. The Hall–Kier alpha value is 1.90. The Labute approximate surface area is 320 Å². The fourth-order valence-corrected chi connectivity index (χ4v) is 2.09. The molecule has 0 fully saturated rings. The Morgan fingerprint density at radius 2 is 0.479 bits per heavy atom. The molecule has 6 unspecified atom stereocenters. The van der Waals surface area contributed by atoms with Crippen molar-refractivity contribution in [2.24, 2.45) is 0 Å². The maximum Gasteiger partial charge on any atom is 0.429 e. The minimum Gasteiger partial charge on any atom is -0.313 e. The Balaban J connectivity index is -0.000000107. The lowest BCUT2D eigenvalue weighted by Crippen LogP contribution is -1.85. The molecule has 0 amide bonds. The van der Waals surface area contributed by atoms with Gasteiger partial charge in [0.25, 0.3) is 0 Å². The average Bonchev–Trinajstić information content (AvgIpc) is 2.57. The number of nitrogens with zero attached hydrogens (tertiary/aromatic N) is 2. The second-order valence-corrected chi connectivity index (χ2v) is 28.4. The van der Waals surface area contributed by atoms with Crippen LogP contribution in [0.3, 0.4) is 0 Å². The highest BCUT2D eigenvalue weighted by molar-refractivity contribution is 9.40. The highest BCUT2D eigenvalue weighted by atomic mass is 79.9. The topological polar surface area (TPSA) is 250 Å². The van der Waals surface area contributed by atoms with Crippen LogP contribution in [0.15, 0.2) is 24.3 Å². The van der Waals surface area contributed by atoms with Gasteiger partial charge in [-0.3, -0.25) is 9.97 Å². The molecular formula is C16H28Br6F6N2O12P6. The predicted molar refractivity (Wildman–Crippen MR) is 196 cm³/mol. The van der Waals surface area contributed by atoms with Crippen molar-refractivity contribution in [2.45, 2.75) is 41.5 Å². The number of aryl methyl sites for hydroxylation is 6. The molecule has 6 atom stereocenters. The van der Waals surface area contributed by atoms with Gasteiger partial charge in [0.2, 0.25) is 0 Å². The molecule has 0 aromatic carbocycles. The molecule has 288 valence electrons. The molecule has 0 aliphatic rings. The summed E-state index contributed by atoms with van der Waals surface area (Å²) in [5.74, 6) is 0. The van der Waals surface area contributed by atoms with Crippen LogP contribution in [0.25, 0.3) is 0 Å². The molecule has 2 aromatic heterocycles. The van der Waals surface area contributed by atoms with Crippen molar-refractivity contribution in [3.05, 3.63) is 58.2 Å². The van der Waals surface area contributed by atoms with Gasteiger partial charge in [0, 0.05) is 22.8 Å². The fourth-order valence-electron chi connectivity index (χ4n) is 2.09. The van der Waals surface area contributed by atoms with E-state index in [0.29, 0.717) is 0 Å². The molecule has 2 heterocycles. The van der Waals surface area contributed by atoms with E-state index in [0.717, 1.165) is 22.8 Å². The molecule has 0 aliphatic carbocycles. The normalized spacial score (nSPS) is 17.0. The SMILES string of the molecule is Cc1cc(C)nc(C)c1.Cc1cc(C)nc(C)c1.O=P(O)(F)Br.O=P(O)(F)Br.O=P(O)(F)Br.O=P(O)(F)Br.O=P(O)(F)Br.O=P(O)(F)Br. The third-order valence-electron chi connectivity index (χ3n) is 2.45. The number of halogens is 12. The average molecular weight is 1220 g/mol. The maximum absolute atomic E-state index is 10.7. The lowest BCUT2D eigenvalue weighted by atomic mass is 10.2. The van der Waals surface area contributed by atoms with Gasteiger partial charge in [-0.2, -0.15) is 0 Å². The molecule has 0 aliphatic heterocycles. The minimum atomic E-state index is -4.33. The second-order valence-electron chi connectivity index (χ2n) is 7.46. The Bertz CT molecular complexity index is 1130. The first-order valence-electron chi connectivity index (χ1n) is 10.5. The molecule has 0 saturated carbocycles. The van der Waals surface area contributed by atoms with Gasteiger partial charge in [-0.15, -0.1) is 25.2 Å². The molecule has 2 aromatic rings. The van der Waals surface area contributed by atoms with Crippen LogP contribution in [-0.2, 0) is 27.4 Å². The standard InChI is InChI=1S/2C8H11N.6BrFHO2P/c2*1-6-4-7(2)9-8(3)5-6;6*1-5(2,3)4/h2*4-5H,1-3H3;6*(H,3,4). The van der Waals surface area contributed by atoms with Gasteiger partial charge in [-0.25, -0.2) is 27.4 Å². The summed E-state index contributed by atoms with van der Waals surface area (Å²) in [5.41, 5.74) is 7.00. The van der Waals surface area contributed by atoms with E-state index in [2.05, 4.69) is 48.1 Å². The van der Waals surface area contributed by atoms with Crippen LogP contribution in [0.2, 0.25) is 0 Å². The monoisotopic (exact) mass is 1210 g/mol. The molecule has 0 bridgehead atoms. The summed E-state index contributed by atoms with van der Waals surface area (Å²) in [4.78, 5) is 52.4. The molecule has 32 heteroatoms. The van der Waals surface area contributed by atoms with Gasteiger partial charge in [0.1, 0.15) is 0 Å². The number of pyridine rings is 2. The zero-order valence-corrected chi connectivity index (χ0v) is 39.4. The summed E-state index contributed by atoms with van der Waals surface area (Å²) in [6.45, 7) is 12.2. The summed E-state index contributed by atoms with van der Waals surface area (Å²) < 4.78 is 118. The third kappa shape index (κ3) is 157. The van der Waals surface area contributed by atoms with Crippen molar-refractivity contribution in [1.82, 2.24) is 9.97 Å². The molecule has 48 heavy (non-hydrogen) atoms. The van der Waals surface area contributed by atoms with Crippen LogP contribution in [0, 0.1) is 41.5 Å². The molecule has 14 nitrogen and oxygen atoms in total. The Morgan fingerprint density at radius 3 is 0.542 bits per heavy atom. The van der Waals surface area contributed by atoms with Gasteiger partial charge < -0.3 is 29.4 Å². The summed E-state index contributed by atoms with van der Waals surface area (Å²) >= 11 is 10.9. The maximum atomic E-state index is 10.7. The van der Waals surface area contributed by atoms with E-state index in [1.165, 1.54) is 11.1 Å². The van der Waals surface area contributed by atoms with E-state index in [4.69, 9.17) is 56.8 Å².